The summed E-state index contributed by atoms with van der Waals surface area (Å²) < 4.78 is 18.3. The van der Waals surface area contributed by atoms with Gasteiger partial charge in [-0.1, -0.05) is 6.07 Å². The van der Waals surface area contributed by atoms with Crippen molar-refractivity contribution in [2.75, 3.05) is 25.1 Å². The maximum Gasteiger partial charge on any atom is 0.125 e. The molecular formula is C13H18FNO2. The molecule has 1 heterocycles. The molecule has 17 heavy (non-hydrogen) atoms. The number of aliphatic hydroxyl groups excluding tert-OH is 1. The summed E-state index contributed by atoms with van der Waals surface area (Å²) >= 11 is 0. The summed E-state index contributed by atoms with van der Waals surface area (Å²) in [4.78, 5) is 0. The van der Waals surface area contributed by atoms with Crippen LogP contribution >= 0.6 is 0 Å². The lowest BCUT2D eigenvalue weighted by Gasteiger charge is -2.30. The number of ether oxygens (including phenoxy) is 1. The molecule has 1 saturated heterocycles. The minimum atomic E-state index is -0.265. The van der Waals surface area contributed by atoms with Gasteiger partial charge < -0.3 is 15.2 Å². The molecule has 1 unspecified atom stereocenters. The second-order valence-electron chi connectivity index (χ2n) is 4.39. The van der Waals surface area contributed by atoms with Crippen LogP contribution in [0.25, 0.3) is 0 Å². The number of hydrogen-bond donors (Lipinski definition) is 2. The van der Waals surface area contributed by atoms with E-state index in [0.717, 1.165) is 31.7 Å². The smallest absolute Gasteiger partial charge is 0.125 e. The predicted octanol–water partition coefficient (Wildman–Crippen LogP) is 2.03. The molecule has 1 aromatic rings. The van der Waals surface area contributed by atoms with Crippen molar-refractivity contribution in [2.24, 2.45) is 5.92 Å². The van der Waals surface area contributed by atoms with Gasteiger partial charge in [-0.25, -0.2) is 4.39 Å². The summed E-state index contributed by atoms with van der Waals surface area (Å²) in [6.45, 7) is 1.54. The van der Waals surface area contributed by atoms with Gasteiger partial charge in [0, 0.05) is 18.9 Å². The van der Waals surface area contributed by atoms with E-state index in [1.807, 2.05) is 6.07 Å². The zero-order valence-electron chi connectivity index (χ0n) is 9.73. The molecule has 0 aliphatic carbocycles. The Morgan fingerprint density at radius 3 is 2.82 bits per heavy atom. The summed E-state index contributed by atoms with van der Waals surface area (Å²) in [5, 5.41) is 12.6. The molecule has 1 atom stereocenters. The van der Waals surface area contributed by atoms with Crippen molar-refractivity contribution in [3.63, 3.8) is 0 Å². The Kier molecular flexibility index (Phi) is 4.34. The third kappa shape index (κ3) is 3.41. The zero-order valence-corrected chi connectivity index (χ0v) is 9.73. The number of hydrogen-bond acceptors (Lipinski definition) is 3. The quantitative estimate of drug-likeness (QED) is 0.844. The van der Waals surface area contributed by atoms with E-state index < -0.39 is 0 Å². The first kappa shape index (κ1) is 12.3. The maximum absolute atomic E-state index is 13.0. The average molecular weight is 239 g/mol. The van der Waals surface area contributed by atoms with Crippen LogP contribution in [0.5, 0.6) is 0 Å². The Hall–Kier alpha value is -1.13. The van der Waals surface area contributed by atoms with E-state index in [9.17, 15) is 9.50 Å². The van der Waals surface area contributed by atoms with Crippen molar-refractivity contribution in [1.82, 2.24) is 0 Å². The van der Waals surface area contributed by atoms with Gasteiger partial charge in [-0.15, -0.1) is 0 Å². The molecule has 0 aromatic heterocycles. The largest absolute Gasteiger partial charge is 0.394 e. The van der Waals surface area contributed by atoms with Gasteiger partial charge in [-0.05, 0) is 37.0 Å². The van der Waals surface area contributed by atoms with E-state index in [0.29, 0.717) is 5.92 Å². The van der Waals surface area contributed by atoms with Crippen LogP contribution in [-0.2, 0) is 4.74 Å². The molecule has 1 aliphatic heterocycles. The third-order valence-electron chi connectivity index (χ3n) is 3.21. The molecule has 94 valence electrons. The van der Waals surface area contributed by atoms with Crippen molar-refractivity contribution in [1.29, 1.82) is 0 Å². The first-order valence-electron chi connectivity index (χ1n) is 6.00. The van der Waals surface area contributed by atoms with Crippen LogP contribution in [0, 0.1) is 11.7 Å². The van der Waals surface area contributed by atoms with Gasteiger partial charge in [0.15, 0.2) is 0 Å². The van der Waals surface area contributed by atoms with Crippen molar-refractivity contribution in [3.8, 4) is 0 Å². The predicted molar refractivity (Wildman–Crippen MR) is 64.4 cm³/mol. The molecule has 0 radical (unpaired) electrons. The van der Waals surface area contributed by atoms with Gasteiger partial charge in [0.05, 0.1) is 12.6 Å². The molecule has 0 amide bonds. The van der Waals surface area contributed by atoms with E-state index in [2.05, 4.69) is 5.32 Å². The normalized spacial score (nSPS) is 18.9. The van der Waals surface area contributed by atoms with Crippen LogP contribution < -0.4 is 5.32 Å². The van der Waals surface area contributed by atoms with E-state index in [4.69, 9.17) is 4.74 Å². The number of halogens is 1. The summed E-state index contributed by atoms with van der Waals surface area (Å²) in [5.74, 6) is 0.121. The number of aliphatic hydroxyl groups is 1. The molecule has 2 rings (SSSR count). The lowest BCUT2D eigenvalue weighted by atomic mass is 9.92. The molecule has 0 bridgehead atoms. The minimum Gasteiger partial charge on any atom is -0.394 e. The van der Waals surface area contributed by atoms with Gasteiger partial charge in [-0.2, -0.15) is 0 Å². The number of rotatable bonds is 4. The van der Waals surface area contributed by atoms with E-state index in [1.165, 1.54) is 12.1 Å². The summed E-state index contributed by atoms with van der Waals surface area (Å²) in [7, 11) is 0. The first-order chi connectivity index (χ1) is 8.29. The Morgan fingerprint density at radius 1 is 1.41 bits per heavy atom. The zero-order chi connectivity index (χ0) is 12.1. The summed E-state index contributed by atoms with van der Waals surface area (Å²) in [6, 6.07) is 6.30. The highest BCUT2D eigenvalue weighted by atomic mass is 19.1. The van der Waals surface area contributed by atoms with Gasteiger partial charge >= 0.3 is 0 Å². The van der Waals surface area contributed by atoms with Crippen molar-refractivity contribution in [3.05, 3.63) is 30.1 Å². The first-order valence-corrected chi connectivity index (χ1v) is 6.00. The molecule has 3 nitrogen and oxygen atoms in total. The van der Waals surface area contributed by atoms with Crippen LogP contribution in [-0.4, -0.2) is 31.0 Å². The summed E-state index contributed by atoms with van der Waals surface area (Å²) in [5.41, 5.74) is 0.718. The van der Waals surface area contributed by atoms with E-state index in [-0.39, 0.29) is 18.5 Å². The topological polar surface area (TPSA) is 41.5 Å². The minimum absolute atomic E-state index is 0.0271. The van der Waals surface area contributed by atoms with E-state index >= 15 is 0 Å². The lowest BCUT2D eigenvalue weighted by molar-refractivity contribution is 0.0534. The average Bonchev–Trinajstić information content (AvgIpc) is 2.37. The molecule has 0 saturated carbocycles. The highest BCUT2D eigenvalue weighted by Gasteiger charge is 2.23. The number of anilines is 1. The van der Waals surface area contributed by atoms with Crippen LogP contribution in [0.3, 0.4) is 0 Å². The molecule has 2 N–H and O–H groups in total. The molecule has 4 heteroatoms. The van der Waals surface area contributed by atoms with Crippen LogP contribution in [0.15, 0.2) is 24.3 Å². The molecule has 0 spiro atoms. The highest BCUT2D eigenvalue weighted by molar-refractivity contribution is 5.44. The fourth-order valence-corrected chi connectivity index (χ4v) is 2.22. The highest BCUT2D eigenvalue weighted by Crippen LogP contribution is 2.22. The SMILES string of the molecule is OCC(Nc1cccc(F)c1)C1CCOCC1. The van der Waals surface area contributed by atoms with Crippen LogP contribution in [0.1, 0.15) is 12.8 Å². The van der Waals surface area contributed by atoms with Gasteiger partial charge in [-0.3, -0.25) is 0 Å². The maximum atomic E-state index is 13.0. The van der Waals surface area contributed by atoms with Crippen molar-refractivity contribution < 1.29 is 14.2 Å². The fraction of sp³-hybridized carbons (Fsp3) is 0.538. The van der Waals surface area contributed by atoms with Gasteiger partial charge in [0.1, 0.15) is 5.82 Å². The lowest BCUT2D eigenvalue weighted by Crippen LogP contribution is -2.36. The number of benzene rings is 1. The third-order valence-corrected chi connectivity index (χ3v) is 3.21. The molecule has 1 aliphatic rings. The Labute approximate surface area is 101 Å². The number of nitrogens with one attached hydrogen (secondary N) is 1. The standard InChI is InChI=1S/C13H18FNO2/c14-11-2-1-3-12(8-11)15-13(9-16)10-4-6-17-7-5-10/h1-3,8,10,13,15-16H,4-7,9H2. The van der Waals surface area contributed by atoms with E-state index in [1.54, 1.807) is 6.07 Å². The van der Waals surface area contributed by atoms with Crippen LogP contribution in [0.4, 0.5) is 10.1 Å². The Morgan fingerprint density at radius 2 is 2.18 bits per heavy atom. The Bertz CT molecular complexity index is 353. The second kappa shape index (κ2) is 5.98. The second-order valence-corrected chi connectivity index (χ2v) is 4.39. The summed E-state index contributed by atoms with van der Waals surface area (Å²) in [6.07, 6.45) is 1.88. The fourth-order valence-electron chi connectivity index (χ4n) is 2.22. The molecular weight excluding hydrogens is 221 g/mol. The Balaban J connectivity index is 1.98. The van der Waals surface area contributed by atoms with Crippen molar-refractivity contribution in [2.45, 2.75) is 18.9 Å². The van der Waals surface area contributed by atoms with Gasteiger partial charge in [0.25, 0.3) is 0 Å². The van der Waals surface area contributed by atoms with Gasteiger partial charge in [0.2, 0.25) is 0 Å². The van der Waals surface area contributed by atoms with Crippen LogP contribution in [0.2, 0.25) is 0 Å². The van der Waals surface area contributed by atoms with Crippen molar-refractivity contribution >= 4 is 5.69 Å². The molecule has 1 fully saturated rings. The molecule has 1 aromatic carbocycles. The monoisotopic (exact) mass is 239 g/mol.